The van der Waals surface area contributed by atoms with Crippen LogP contribution in [0.25, 0.3) is 0 Å². The topological polar surface area (TPSA) is 68.0 Å². The second kappa shape index (κ2) is 5.94. The number of aromatic nitrogens is 3. The molecule has 0 saturated heterocycles. The minimum absolute atomic E-state index is 0.0391. The van der Waals surface area contributed by atoms with Crippen molar-refractivity contribution >= 4 is 40.7 Å². The van der Waals surface area contributed by atoms with Crippen LogP contribution in [-0.2, 0) is 24.0 Å². The smallest absolute Gasteiger partial charge is 0.309 e. The maximum absolute atomic E-state index is 10.6. The highest BCUT2D eigenvalue weighted by atomic mass is 35.5. The summed E-state index contributed by atoms with van der Waals surface area (Å²) in [5.41, 5.74) is 2.34. The van der Waals surface area contributed by atoms with Crippen molar-refractivity contribution in [3.8, 4) is 0 Å². The summed E-state index contributed by atoms with van der Waals surface area (Å²) in [5.74, 6) is -0.205. The summed E-state index contributed by atoms with van der Waals surface area (Å²) in [6, 6.07) is 0. The number of carboxylic acid groups (broad SMARTS) is 1. The number of halogens is 1. The number of hydrogen-bond donors (Lipinski definition) is 1. The first kappa shape index (κ1) is 14.4. The van der Waals surface area contributed by atoms with Crippen molar-refractivity contribution in [2.24, 2.45) is 7.05 Å². The molecule has 5 nitrogen and oxygen atoms in total. The lowest BCUT2D eigenvalue weighted by molar-refractivity contribution is -0.136. The number of thiazole rings is 1. The molecule has 2 aromatic rings. The van der Waals surface area contributed by atoms with Crippen molar-refractivity contribution < 1.29 is 9.90 Å². The van der Waals surface area contributed by atoms with Gasteiger partial charge in [-0.2, -0.15) is 5.10 Å². The Labute approximate surface area is 123 Å². The van der Waals surface area contributed by atoms with Crippen molar-refractivity contribution in [2.75, 3.05) is 0 Å². The monoisotopic (exact) mass is 317 g/mol. The average Bonchev–Trinajstić information content (AvgIpc) is 2.84. The van der Waals surface area contributed by atoms with Crippen LogP contribution in [0.15, 0.2) is 9.72 Å². The molecule has 2 aromatic heterocycles. The summed E-state index contributed by atoms with van der Waals surface area (Å²) in [4.78, 5) is 14.8. The van der Waals surface area contributed by atoms with Gasteiger partial charge in [-0.3, -0.25) is 9.48 Å². The lowest BCUT2D eigenvalue weighted by atomic mass is 10.3. The second-order valence-electron chi connectivity index (χ2n) is 3.93. The quantitative estimate of drug-likeness (QED) is 0.859. The van der Waals surface area contributed by atoms with Crippen molar-refractivity contribution in [2.45, 2.75) is 23.4 Å². The van der Waals surface area contributed by atoms with Gasteiger partial charge in [-0.05, 0) is 6.92 Å². The van der Waals surface area contributed by atoms with Gasteiger partial charge in [-0.1, -0.05) is 23.4 Å². The Bertz CT molecular complexity index is 609. The Hall–Kier alpha value is -1.05. The zero-order valence-electron chi connectivity index (χ0n) is 10.4. The summed E-state index contributed by atoms with van der Waals surface area (Å²) < 4.78 is 2.60. The van der Waals surface area contributed by atoms with E-state index in [1.165, 1.54) is 23.1 Å². The minimum atomic E-state index is -0.868. The average molecular weight is 318 g/mol. The number of hydrogen-bond acceptors (Lipinski definition) is 5. The van der Waals surface area contributed by atoms with Gasteiger partial charge >= 0.3 is 5.97 Å². The number of thioether (sulfide) groups is 1. The van der Waals surface area contributed by atoms with Gasteiger partial charge in [0.2, 0.25) is 0 Å². The van der Waals surface area contributed by atoms with Crippen LogP contribution in [0.4, 0.5) is 0 Å². The minimum Gasteiger partial charge on any atom is -0.481 e. The number of carboxylic acids is 1. The van der Waals surface area contributed by atoms with E-state index in [9.17, 15) is 4.79 Å². The zero-order chi connectivity index (χ0) is 14.0. The fourth-order valence-electron chi connectivity index (χ4n) is 1.56. The number of nitrogens with zero attached hydrogens (tertiary/aromatic N) is 3. The molecular formula is C11H12ClN3O2S2. The van der Waals surface area contributed by atoms with Gasteiger partial charge in [-0.25, -0.2) is 4.98 Å². The summed E-state index contributed by atoms with van der Waals surface area (Å²) in [6.45, 7) is 1.87. The fraction of sp³-hybridized carbons (Fsp3) is 0.364. The van der Waals surface area contributed by atoms with Gasteiger partial charge in [0, 0.05) is 18.2 Å². The normalized spacial score (nSPS) is 10.9. The molecule has 0 aliphatic carbocycles. The van der Waals surface area contributed by atoms with Crippen LogP contribution in [0.5, 0.6) is 0 Å². The predicted molar refractivity (Wildman–Crippen MR) is 76.0 cm³/mol. The highest BCUT2D eigenvalue weighted by Gasteiger charge is 2.13. The lowest BCUT2D eigenvalue weighted by Gasteiger charge is -2.00. The molecule has 0 spiro atoms. The molecule has 102 valence electrons. The Morgan fingerprint density at radius 2 is 2.37 bits per heavy atom. The summed E-state index contributed by atoms with van der Waals surface area (Å²) in [7, 11) is 1.85. The largest absolute Gasteiger partial charge is 0.481 e. The summed E-state index contributed by atoms with van der Waals surface area (Å²) in [6.07, 6.45) is -0.0391. The van der Waals surface area contributed by atoms with E-state index >= 15 is 0 Å². The molecule has 0 amide bonds. The molecule has 0 fully saturated rings. The van der Waals surface area contributed by atoms with Crippen molar-refractivity contribution in [1.82, 2.24) is 14.8 Å². The van der Waals surface area contributed by atoms with Gasteiger partial charge in [0.15, 0.2) is 4.34 Å². The molecule has 1 N–H and O–H groups in total. The van der Waals surface area contributed by atoms with Crippen LogP contribution < -0.4 is 0 Å². The predicted octanol–water partition coefficient (Wildman–Crippen LogP) is 2.76. The van der Waals surface area contributed by atoms with Crippen molar-refractivity contribution in [3.63, 3.8) is 0 Å². The molecule has 8 heteroatoms. The summed E-state index contributed by atoms with van der Waals surface area (Å²) >= 11 is 9.14. The van der Waals surface area contributed by atoms with Gasteiger partial charge in [0.1, 0.15) is 0 Å². The van der Waals surface area contributed by atoms with Crippen molar-refractivity contribution in [1.29, 1.82) is 0 Å². The SMILES string of the molecule is Cc1nn(C)c(CSc2nc(CC(=O)O)cs2)c1Cl. The first-order chi connectivity index (χ1) is 8.97. The molecule has 19 heavy (non-hydrogen) atoms. The van der Waals surface area contributed by atoms with Gasteiger partial charge in [0.25, 0.3) is 0 Å². The van der Waals surface area contributed by atoms with E-state index in [1.54, 1.807) is 10.1 Å². The Balaban J connectivity index is 2.02. The molecule has 0 aromatic carbocycles. The second-order valence-corrected chi connectivity index (χ2v) is 6.39. The zero-order valence-corrected chi connectivity index (χ0v) is 12.8. The van der Waals surface area contributed by atoms with E-state index in [0.717, 1.165) is 15.7 Å². The van der Waals surface area contributed by atoms with Crippen LogP contribution in [0.1, 0.15) is 17.1 Å². The highest BCUT2D eigenvalue weighted by Crippen LogP contribution is 2.30. The van der Waals surface area contributed by atoms with E-state index in [2.05, 4.69) is 10.1 Å². The third kappa shape index (κ3) is 3.49. The van der Waals surface area contributed by atoms with Crippen LogP contribution >= 0.6 is 34.7 Å². The van der Waals surface area contributed by atoms with Gasteiger partial charge in [-0.15, -0.1) is 11.3 Å². The molecule has 0 atom stereocenters. The first-order valence-corrected chi connectivity index (χ1v) is 7.68. The summed E-state index contributed by atoms with van der Waals surface area (Å²) in [5, 5.41) is 15.4. The van der Waals surface area contributed by atoms with Crippen molar-refractivity contribution in [3.05, 3.63) is 27.5 Å². The molecule has 0 unspecified atom stereocenters. The Kier molecular flexibility index (Phi) is 4.49. The number of aliphatic carboxylic acids is 1. The lowest BCUT2D eigenvalue weighted by Crippen LogP contribution is -2.00. The highest BCUT2D eigenvalue weighted by molar-refractivity contribution is 8.00. The maximum Gasteiger partial charge on any atom is 0.309 e. The van der Waals surface area contributed by atoms with Crippen LogP contribution in [0, 0.1) is 6.92 Å². The third-order valence-electron chi connectivity index (χ3n) is 2.46. The van der Waals surface area contributed by atoms with Crippen LogP contribution in [0.3, 0.4) is 0 Å². The standard InChI is InChI=1S/C11H12ClN3O2S2/c1-6-10(12)8(15(2)14-6)5-19-11-13-7(4-18-11)3-9(16)17/h4H,3,5H2,1-2H3,(H,16,17). The van der Waals surface area contributed by atoms with E-state index in [0.29, 0.717) is 16.5 Å². The molecule has 0 radical (unpaired) electrons. The van der Waals surface area contributed by atoms with E-state index < -0.39 is 5.97 Å². The molecule has 2 heterocycles. The number of carbonyl (C=O) groups is 1. The van der Waals surface area contributed by atoms with Crippen LogP contribution in [-0.4, -0.2) is 25.8 Å². The van der Waals surface area contributed by atoms with E-state index in [-0.39, 0.29) is 6.42 Å². The van der Waals surface area contributed by atoms with Gasteiger partial charge in [0.05, 0.1) is 28.5 Å². The first-order valence-electron chi connectivity index (χ1n) is 5.44. The molecule has 2 rings (SSSR count). The Morgan fingerprint density at radius 3 is 2.95 bits per heavy atom. The molecule has 0 saturated carbocycles. The number of rotatable bonds is 5. The van der Waals surface area contributed by atoms with Crippen LogP contribution in [0.2, 0.25) is 5.02 Å². The maximum atomic E-state index is 10.6. The molecule has 0 bridgehead atoms. The third-order valence-corrected chi connectivity index (χ3v) is 5.03. The molecule has 0 aliphatic rings. The van der Waals surface area contributed by atoms with E-state index in [1.807, 2.05) is 14.0 Å². The molecular weight excluding hydrogens is 306 g/mol. The van der Waals surface area contributed by atoms with Gasteiger partial charge < -0.3 is 5.11 Å². The van der Waals surface area contributed by atoms with E-state index in [4.69, 9.17) is 16.7 Å². The Morgan fingerprint density at radius 1 is 1.63 bits per heavy atom. The fourth-order valence-corrected chi connectivity index (χ4v) is 3.77. The molecule has 0 aliphatic heterocycles. The number of aryl methyl sites for hydroxylation is 2.